The number of amides is 2. The summed E-state index contributed by atoms with van der Waals surface area (Å²) in [5.41, 5.74) is 2.31. The number of hydrogen-bond donors (Lipinski definition) is 1. The van der Waals surface area contributed by atoms with E-state index in [1.807, 2.05) is 53.4 Å². The summed E-state index contributed by atoms with van der Waals surface area (Å²) in [7, 11) is 1.59. The Hall–Kier alpha value is -3.31. The van der Waals surface area contributed by atoms with Gasteiger partial charge in [-0.05, 0) is 54.8 Å². The summed E-state index contributed by atoms with van der Waals surface area (Å²) >= 11 is 6.00. The zero-order valence-corrected chi connectivity index (χ0v) is 18.6. The number of carbonyl (C=O) groups excluding carboxylic acids is 2. The van der Waals surface area contributed by atoms with Gasteiger partial charge in [0.2, 0.25) is 5.91 Å². The van der Waals surface area contributed by atoms with E-state index in [4.69, 9.17) is 16.3 Å². The summed E-state index contributed by atoms with van der Waals surface area (Å²) in [4.78, 5) is 28.3. The fourth-order valence-electron chi connectivity index (χ4n) is 4.13. The number of piperidine rings is 1. The van der Waals surface area contributed by atoms with Crippen molar-refractivity contribution >= 4 is 29.1 Å². The number of halogens is 1. The Morgan fingerprint density at radius 3 is 2.44 bits per heavy atom. The van der Waals surface area contributed by atoms with E-state index in [-0.39, 0.29) is 23.8 Å². The lowest BCUT2D eigenvalue weighted by molar-refractivity contribution is -0.121. The number of ether oxygens (including phenoxy) is 1. The number of likely N-dealkylation sites (tertiary alicyclic amines) is 1. The molecule has 0 aromatic heterocycles. The van der Waals surface area contributed by atoms with Crippen molar-refractivity contribution in [1.29, 1.82) is 0 Å². The normalized spacial score (nSPS) is 18.1. The van der Waals surface area contributed by atoms with Crippen molar-refractivity contribution in [3.8, 4) is 5.75 Å². The molecule has 1 heterocycles. The highest BCUT2D eigenvalue weighted by atomic mass is 35.5. The minimum atomic E-state index is -0.308. The third-order valence-corrected chi connectivity index (χ3v) is 6.08. The Morgan fingerprint density at radius 1 is 0.969 bits per heavy atom. The zero-order chi connectivity index (χ0) is 22.5. The molecule has 3 aromatic carbocycles. The van der Waals surface area contributed by atoms with Gasteiger partial charge in [-0.3, -0.25) is 9.59 Å². The Kier molecular flexibility index (Phi) is 6.76. The molecule has 0 radical (unpaired) electrons. The van der Waals surface area contributed by atoms with Crippen LogP contribution in [0, 0.1) is 5.92 Å². The summed E-state index contributed by atoms with van der Waals surface area (Å²) in [6, 6.07) is 24.0. The Morgan fingerprint density at radius 2 is 1.72 bits per heavy atom. The lowest BCUT2D eigenvalue weighted by Gasteiger charge is -2.39. The van der Waals surface area contributed by atoms with Gasteiger partial charge in [0.15, 0.2) is 0 Å². The smallest absolute Gasteiger partial charge is 0.254 e. The molecule has 0 bridgehead atoms. The Balaban J connectivity index is 1.56. The van der Waals surface area contributed by atoms with E-state index in [9.17, 15) is 9.59 Å². The van der Waals surface area contributed by atoms with Crippen molar-refractivity contribution in [3.63, 3.8) is 0 Å². The molecule has 0 saturated carbocycles. The van der Waals surface area contributed by atoms with Crippen LogP contribution in [0.3, 0.4) is 0 Å². The van der Waals surface area contributed by atoms with E-state index in [1.165, 1.54) is 0 Å². The zero-order valence-electron chi connectivity index (χ0n) is 17.8. The largest absolute Gasteiger partial charge is 0.497 e. The second-order valence-electron chi connectivity index (χ2n) is 7.89. The first kappa shape index (κ1) is 21.9. The van der Waals surface area contributed by atoms with E-state index >= 15 is 0 Å². The summed E-state index contributed by atoms with van der Waals surface area (Å²) in [5, 5.41) is 3.55. The van der Waals surface area contributed by atoms with Gasteiger partial charge in [0, 0.05) is 28.9 Å². The number of rotatable bonds is 5. The van der Waals surface area contributed by atoms with Gasteiger partial charge in [-0.1, -0.05) is 48.0 Å². The van der Waals surface area contributed by atoms with Crippen molar-refractivity contribution < 1.29 is 14.3 Å². The van der Waals surface area contributed by atoms with E-state index < -0.39 is 0 Å². The quantitative estimate of drug-likeness (QED) is 0.554. The number of nitrogens with one attached hydrogen (secondary N) is 1. The maximum absolute atomic E-state index is 13.4. The molecule has 1 fully saturated rings. The average Bonchev–Trinajstić information content (AvgIpc) is 2.84. The first-order valence-corrected chi connectivity index (χ1v) is 11.0. The summed E-state index contributed by atoms with van der Waals surface area (Å²) < 4.78 is 5.24. The predicted molar refractivity (Wildman–Crippen MR) is 126 cm³/mol. The molecule has 0 aliphatic carbocycles. The van der Waals surface area contributed by atoms with Crippen LogP contribution in [0.2, 0.25) is 5.02 Å². The van der Waals surface area contributed by atoms with E-state index in [2.05, 4.69) is 5.32 Å². The third-order valence-electron chi connectivity index (χ3n) is 5.83. The van der Waals surface area contributed by atoms with E-state index in [0.717, 1.165) is 5.56 Å². The molecular formula is C26H25ClN2O3. The number of anilines is 1. The van der Waals surface area contributed by atoms with Gasteiger partial charge >= 0.3 is 0 Å². The second-order valence-corrected chi connectivity index (χ2v) is 8.32. The summed E-state index contributed by atoms with van der Waals surface area (Å²) in [5.74, 6) is 0.167. The maximum Gasteiger partial charge on any atom is 0.254 e. The molecular weight excluding hydrogens is 424 g/mol. The highest BCUT2D eigenvalue weighted by Gasteiger charge is 2.36. The second kappa shape index (κ2) is 9.88. The average molecular weight is 449 g/mol. The molecule has 1 aliphatic rings. The summed E-state index contributed by atoms with van der Waals surface area (Å²) in [6.45, 7) is 0.344. The minimum absolute atomic E-state index is 0.0831. The van der Waals surface area contributed by atoms with Gasteiger partial charge < -0.3 is 15.0 Å². The number of benzene rings is 3. The van der Waals surface area contributed by atoms with Crippen molar-refractivity contribution in [2.24, 2.45) is 5.92 Å². The highest BCUT2D eigenvalue weighted by Crippen LogP contribution is 2.35. The van der Waals surface area contributed by atoms with E-state index in [1.54, 1.807) is 37.4 Å². The Labute approximate surface area is 193 Å². The van der Waals surface area contributed by atoms with Gasteiger partial charge in [0.05, 0.1) is 19.1 Å². The molecule has 1 N–H and O–H groups in total. The number of carbonyl (C=O) groups is 2. The molecule has 1 aliphatic heterocycles. The van der Waals surface area contributed by atoms with Gasteiger partial charge in [0.25, 0.3) is 5.91 Å². The standard InChI is InChI=1S/C26H25ClN2O3/c1-32-23-9-5-8-22(16-23)28-25(30)20-12-15-24(18-6-3-2-4-7-18)29(17-20)26(31)19-10-13-21(27)14-11-19/h2-11,13-14,16,20,24H,12,15,17H2,1H3,(H,28,30). The van der Waals surface area contributed by atoms with Crippen LogP contribution in [-0.4, -0.2) is 30.4 Å². The number of nitrogens with zero attached hydrogens (tertiary/aromatic N) is 1. The van der Waals surface area contributed by atoms with Crippen molar-refractivity contribution in [2.45, 2.75) is 18.9 Å². The molecule has 6 heteroatoms. The topological polar surface area (TPSA) is 58.6 Å². The van der Waals surface area contributed by atoms with Crippen LogP contribution in [0.5, 0.6) is 5.75 Å². The SMILES string of the molecule is COc1cccc(NC(=O)C2CCC(c3ccccc3)N(C(=O)c3ccc(Cl)cc3)C2)c1. The number of hydrogen-bond acceptors (Lipinski definition) is 3. The van der Waals surface area contributed by atoms with Crippen LogP contribution in [0.25, 0.3) is 0 Å². The van der Waals surface area contributed by atoms with Gasteiger partial charge in [-0.15, -0.1) is 0 Å². The maximum atomic E-state index is 13.4. The van der Waals surface area contributed by atoms with Gasteiger partial charge in [-0.25, -0.2) is 0 Å². The first-order chi connectivity index (χ1) is 15.5. The van der Waals surface area contributed by atoms with Crippen molar-refractivity contribution in [1.82, 2.24) is 4.90 Å². The van der Waals surface area contributed by atoms with Gasteiger partial charge in [0.1, 0.15) is 5.75 Å². The molecule has 4 rings (SSSR count). The molecule has 164 valence electrons. The monoisotopic (exact) mass is 448 g/mol. The molecule has 3 aromatic rings. The fourth-order valence-corrected chi connectivity index (χ4v) is 4.26. The molecule has 2 amide bonds. The van der Waals surface area contributed by atoms with Crippen LogP contribution < -0.4 is 10.1 Å². The minimum Gasteiger partial charge on any atom is -0.497 e. The first-order valence-electron chi connectivity index (χ1n) is 10.6. The lowest BCUT2D eigenvalue weighted by Crippen LogP contribution is -2.45. The molecule has 1 saturated heterocycles. The summed E-state index contributed by atoms with van der Waals surface area (Å²) in [6.07, 6.45) is 1.40. The molecule has 2 atom stereocenters. The Bertz CT molecular complexity index is 1090. The van der Waals surface area contributed by atoms with Crippen LogP contribution in [0.4, 0.5) is 5.69 Å². The molecule has 0 spiro atoms. The fraction of sp³-hybridized carbons (Fsp3) is 0.231. The van der Waals surface area contributed by atoms with Crippen LogP contribution >= 0.6 is 11.6 Å². The molecule has 5 nitrogen and oxygen atoms in total. The van der Waals surface area contributed by atoms with Crippen LogP contribution in [-0.2, 0) is 4.79 Å². The van der Waals surface area contributed by atoms with Crippen molar-refractivity contribution in [2.75, 3.05) is 19.0 Å². The third kappa shape index (κ3) is 4.94. The highest BCUT2D eigenvalue weighted by molar-refractivity contribution is 6.30. The van der Waals surface area contributed by atoms with Gasteiger partial charge in [-0.2, -0.15) is 0 Å². The number of methoxy groups -OCH3 is 1. The predicted octanol–water partition coefficient (Wildman–Crippen LogP) is 5.58. The van der Waals surface area contributed by atoms with Crippen LogP contribution in [0.1, 0.15) is 34.8 Å². The molecule has 32 heavy (non-hydrogen) atoms. The lowest BCUT2D eigenvalue weighted by atomic mass is 9.87. The van der Waals surface area contributed by atoms with E-state index in [0.29, 0.717) is 41.4 Å². The molecule has 2 unspecified atom stereocenters. The van der Waals surface area contributed by atoms with Crippen LogP contribution in [0.15, 0.2) is 78.9 Å². The van der Waals surface area contributed by atoms with Crippen molar-refractivity contribution in [3.05, 3.63) is 95.0 Å².